The first-order valence-electron chi connectivity index (χ1n) is 14.4. The Balaban J connectivity index is 1.52. The highest BCUT2D eigenvalue weighted by Gasteiger charge is 2.30. The number of rotatable bonds is 14. The van der Waals surface area contributed by atoms with Gasteiger partial charge in [0.2, 0.25) is 0 Å². The second kappa shape index (κ2) is 15.7. The Morgan fingerprint density at radius 3 is 1.89 bits per heavy atom. The molecule has 0 unspecified atom stereocenters. The molecular formula is C31H42N2O8S2Si. The van der Waals surface area contributed by atoms with E-state index in [-0.39, 0.29) is 30.6 Å². The monoisotopic (exact) mass is 662 g/mol. The van der Waals surface area contributed by atoms with Crippen molar-refractivity contribution in [3.63, 3.8) is 0 Å². The average molecular weight is 663 g/mol. The summed E-state index contributed by atoms with van der Waals surface area (Å²) < 4.78 is 16.2. The number of hydrogen-bond acceptors (Lipinski definition) is 9. The zero-order valence-corrected chi connectivity index (χ0v) is 28.6. The van der Waals surface area contributed by atoms with Gasteiger partial charge in [0.1, 0.15) is 24.3 Å². The topological polar surface area (TPSA) is 140 Å². The molecule has 3 rings (SSSR count). The Bertz CT molecular complexity index is 1280. The SMILES string of the molecule is CC(C)(C)OC(=O)N[C@@H](CSSC[C@H](NC(=O)OCC1c2ccccc2-c2ccccc21)C(=O)O)C(=O)OCC[Si](C)(C)C. The van der Waals surface area contributed by atoms with Crippen LogP contribution in [0.15, 0.2) is 48.5 Å². The van der Waals surface area contributed by atoms with Crippen LogP contribution in [-0.2, 0) is 23.8 Å². The minimum absolute atomic E-state index is 0.00593. The molecule has 2 atom stereocenters. The van der Waals surface area contributed by atoms with Gasteiger partial charge in [-0.15, -0.1) is 0 Å². The largest absolute Gasteiger partial charge is 0.480 e. The van der Waals surface area contributed by atoms with Gasteiger partial charge in [-0.25, -0.2) is 19.2 Å². The standard InChI is InChI=1S/C31H42N2O8S2Si/c1-31(2,3)41-30(38)33-26(28(36)39-15-16-44(4,5)6)19-43-42-18-25(27(34)35)32-29(37)40-17-24-22-13-9-7-11-20(22)21-12-8-10-14-23(21)24/h7-14,24-26H,15-19H2,1-6H3,(H,32,37)(H,33,38)(H,34,35)/t25-,26-/m0/s1. The van der Waals surface area contributed by atoms with E-state index in [0.717, 1.165) is 39.1 Å². The molecule has 0 radical (unpaired) electrons. The Morgan fingerprint density at radius 1 is 0.841 bits per heavy atom. The van der Waals surface area contributed by atoms with Crippen LogP contribution in [0.1, 0.15) is 37.8 Å². The first-order chi connectivity index (χ1) is 20.6. The summed E-state index contributed by atoms with van der Waals surface area (Å²) in [5.74, 6) is -1.86. The third kappa shape index (κ3) is 11.1. The van der Waals surface area contributed by atoms with Crippen molar-refractivity contribution in [3.8, 4) is 11.1 Å². The number of ether oxygens (including phenoxy) is 3. The fourth-order valence-electron chi connectivity index (χ4n) is 4.37. The van der Waals surface area contributed by atoms with Crippen molar-refractivity contribution < 1.29 is 38.5 Å². The molecule has 240 valence electrons. The number of amides is 2. The predicted molar refractivity (Wildman–Crippen MR) is 177 cm³/mol. The van der Waals surface area contributed by atoms with E-state index < -0.39 is 49.9 Å². The number of nitrogens with one attached hydrogen (secondary N) is 2. The van der Waals surface area contributed by atoms with Crippen LogP contribution in [0, 0.1) is 0 Å². The van der Waals surface area contributed by atoms with Crippen molar-refractivity contribution >= 4 is 53.8 Å². The van der Waals surface area contributed by atoms with E-state index in [9.17, 15) is 24.3 Å². The van der Waals surface area contributed by atoms with Gasteiger partial charge in [-0.2, -0.15) is 0 Å². The molecule has 0 spiro atoms. The minimum Gasteiger partial charge on any atom is -0.480 e. The van der Waals surface area contributed by atoms with Crippen molar-refractivity contribution in [3.05, 3.63) is 59.7 Å². The number of carbonyl (C=O) groups excluding carboxylic acids is 3. The van der Waals surface area contributed by atoms with Gasteiger partial charge in [-0.1, -0.05) is 89.8 Å². The fourth-order valence-corrected chi connectivity index (χ4v) is 7.38. The summed E-state index contributed by atoms with van der Waals surface area (Å²) in [5, 5.41) is 14.7. The number of carboxylic acid groups (broad SMARTS) is 1. The van der Waals surface area contributed by atoms with Crippen LogP contribution in [-0.4, -0.2) is 79.7 Å². The molecule has 10 nitrogen and oxygen atoms in total. The Kier molecular flexibility index (Phi) is 12.6. The third-order valence-corrected chi connectivity index (χ3v) is 10.7. The molecule has 1 aliphatic carbocycles. The van der Waals surface area contributed by atoms with Gasteiger partial charge in [0.25, 0.3) is 0 Å². The Hall–Kier alpha value is -3.16. The number of hydrogen-bond donors (Lipinski definition) is 3. The fraction of sp³-hybridized carbons (Fsp3) is 0.484. The zero-order chi connectivity index (χ0) is 32.5. The Morgan fingerprint density at radius 2 is 1.36 bits per heavy atom. The average Bonchev–Trinajstić information content (AvgIpc) is 3.24. The maximum absolute atomic E-state index is 12.8. The van der Waals surface area contributed by atoms with Gasteiger partial charge in [0, 0.05) is 25.5 Å². The lowest BCUT2D eigenvalue weighted by Crippen LogP contribution is -2.46. The first-order valence-corrected chi connectivity index (χ1v) is 20.6. The number of fused-ring (bicyclic) bond motifs is 3. The van der Waals surface area contributed by atoms with Gasteiger partial charge in [-0.3, -0.25) is 0 Å². The van der Waals surface area contributed by atoms with Crippen LogP contribution in [0.4, 0.5) is 9.59 Å². The molecule has 0 bridgehead atoms. The second-order valence-electron chi connectivity index (χ2n) is 12.6. The second-order valence-corrected chi connectivity index (χ2v) is 20.8. The normalized spacial score (nSPS) is 14.0. The van der Waals surface area contributed by atoms with Crippen LogP contribution in [0.3, 0.4) is 0 Å². The van der Waals surface area contributed by atoms with Crippen LogP contribution in [0.5, 0.6) is 0 Å². The quantitative estimate of drug-likeness (QED) is 0.0711. The molecule has 2 amide bonds. The molecular weight excluding hydrogens is 621 g/mol. The lowest BCUT2D eigenvalue weighted by molar-refractivity contribution is -0.145. The van der Waals surface area contributed by atoms with Crippen molar-refractivity contribution in [1.82, 2.24) is 10.6 Å². The van der Waals surface area contributed by atoms with Gasteiger partial charge in [0.05, 0.1) is 6.61 Å². The van der Waals surface area contributed by atoms with E-state index in [2.05, 4.69) is 30.3 Å². The molecule has 1 aliphatic rings. The van der Waals surface area contributed by atoms with Crippen LogP contribution < -0.4 is 10.6 Å². The molecule has 2 aromatic rings. The number of carbonyl (C=O) groups is 4. The zero-order valence-electron chi connectivity index (χ0n) is 26.0. The predicted octanol–water partition coefficient (Wildman–Crippen LogP) is 6.13. The van der Waals surface area contributed by atoms with Gasteiger partial charge < -0.3 is 30.0 Å². The number of aliphatic carboxylic acids is 1. The summed E-state index contributed by atoms with van der Waals surface area (Å²) in [5.41, 5.74) is 3.54. The minimum atomic E-state index is -1.43. The summed E-state index contributed by atoms with van der Waals surface area (Å²) in [6.07, 6.45) is -1.59. The van der Waals surface area contributed by atoms with Crippen LogP contribution >= 0.6 is 21.6 Å². The summed E-state index contributed by atoms with van der Waals surface area (Å²) in [7, 11) is 0.887. The smallest absolute Gasteiger partial charge is 0.408 e. The van der Waals surface area contributed by atoms with Gasteiger partial charge in [0.15, 0.2) is 0 Å². The molecule has 3 N–H and O–H groups in total. The van der Waals surface area contributed by atoms with E-state index in [1.807, 2.05) is 48.5 Å². The lowest BCUT2D eigenvalue weighted by atomic mass is 9.98. The van der Waals surface area contributed by atoms with Crippen molar-refractivity contribution in [1.29, 1.82) is 0 Å². The molecule has 2 aromatic carbocycles. The summed E-state index contributed by atoms with van der Waals surface area (Å²) in [6, 6.07) is 14.4. The number of alkyl carbamates (subject to hydrolysis) is 2. The molecule has 0 aliphatic heterocycles. The molecule has 0 fully saturated rings. The lowest BCUT2D eigenvalue weighted by Gasteiger charge is -2.23. The highest BCUT2D eigenvalue weighted by atomic mass is 33.1. The summed E-state index contributed by atoms with van der Waals surface area (Å²) in [6.45, 7) is 12.0. The molecule has 13 heteroatoms. The molecule has 0 saturated carbocycles. The van der Waals surface area contributed by atoms with Gasteiger partial charge in [-0.05, 0) is 49.1 Å². The van der Waals surface area contributed by atoms with E-state index in [1.165, 1.54) is 10.8 Å². The van der Waals surface area contributed by atoms with Crippen molar-refractivity contribution in [2.45, 2.75) is 70.1 Å². The maximum Gasteiger partial charge on any atom is 0.408 e. The first kappa shape index (κ1) is 35.3. The molecule has 44 heavy (non-hydrogen) atoms. The number of carboxylic acids is 1. The van der Waals surface area contributed by atoms with Crippen LogP contribution in [0.2, 0.25) is 25.7 Å². The maximum atomic E-state index is 12.8. The van der Waals surface area contributed by atoms with Crippen molar-refractivity contribution in [2.75, 3.05) is 24.7 Å². The third-order valence-electron chi connectivity index (χ3n) is 6.56. The van der Waals surface area contributed by atoms with E-state index in [1.54, 1.807) is 20.8 Å². The van der Waals surface area contributed by atoms with Crippen molar-refractivity contribution in [2.24, 2.45) is 0 Å². The molecule has 0 saturated heterocycles. The highest BCUT2D eigenvalue weighted by Crippen LogP contribution is 2.44. The highest BCUT2D eigenvalue weighted by molar-refractivity contribution is 8.76. The molecule has 0 aromatic heterocycles. The van der Waals surface area contributed by atoms with E-state index in [4.69, 9.17) is 14.2 Å². The van der Waals surface area contributed by atoms with E-state index >= 15 is 0 Å². The molecule has 0 heterocycles. The summed E-state index contributed by atoms with van der Waals surface area (Å²) >= 11 is 0. The summed E-state index contributed by atoms with van der Waals surface area (Å²) in [4.78, 5) is 49.7. The number of esters is 1. The Labute approximate surface area is 267 Å². The number of benzene rings is 2. The van der Waals surface area contributed by atoms with Gasteiger partial charge >= 0.3 is 24.1 Å². The van der Waals surface area contributed by atoms with Crippen LogP contribution in [0.25, 0.3) is 11.1 Å². The van der Waals surface area contributed by atoms with E-state index in [0.29, 0.717) is 0 Å².